The van der Waals surface area contributed by atoms with E-state index in [1.165, 1.54) is 7.11 Å². The third kappa shape index (κ3) is 4.36. The molecule has 0 spiro atoms. The van der Waals surface area contributed by atoms with Crippen molar-refractivity contribution in [3.05, 3.63) is 71.9 Å². The van der Waals surface area contributed by atoms with E-state index in [-0.39, 0.29) is 5.91 Å². The van der Waals surface area contributed by atoms with E-state index in [1.54, 1.807) is 37.6 Å². The summed E-state index contributed by atoms with van der Waals surface area (Å²) in [5.41, 5.74) is 3.21. The maximum Gasteiger partial charge on any atom is 0.260 e. The zero-order valence-electron chi connectivity index (χ0n) is 15.4. The first-order valence-corrected chi connectivity index (χ1v) is 8.43. The van der Waals surface area contributed by atoms with Gasteiger partial charge in [0.15, 0.2) is 0 Å². The van der Waals surface area contributed by atoms with Crippen LogP contribution in [0.1, 0.15) is 15.9 Å². The molecule has 138 valence electrons. The number of nitrogens with zero attached hydrogens (tertiary/aromatic N) is 1. The van der Waals surface area contributed by atoms with E-state index in [0.717, 1.165) is 22.7 Å². The fourth-order valence-corrected chi connectivity index (χ4v) is 2.63. The van der Waals surface area contributed by atoms with Crippen molar-refractivity contribution in [2.24, 2.45) is 0 Å². The molecule has 2 N–H and O–H groups in total. The van der Waals surface area contributed by atoms with Crippen LogP contribution in [0.3, 0.4) is 0 Å². The Morgan fingerprint density at radius 1 is 0.963 bits per heavy atom. The number of amides is 1. The lowest BCUT2D eigenvalue weighted by Gasteiger charge is -2.12. The van der Waals surface area contributed by atoms with Crippen LogP contribution in [-0.2, 0) is 0 Å². The van der Waals surface area contributed by atoms with Crippen molar-refractivity contribution >= 4 is 23.1 Å². The summed E-state index contributed by atoms with van der Waals surface area (Å²) in [7, 11) is 3.16. The van der Waals surface area contributed by atoms with Crippen LogP contribution in [0.5, 0.6) is 11.5 Å². The van der Waals surface area contributed by atoms with Gasteiger partial charge in [0.1, 0.15) is 17.3 Å². The minimum absolute atomic E-state index is 0.277. The van der Waals surface area contributed by atoms with Crippen molar-refractivity contribution < 1.29 is 14.3 Å². The summed E-state index contributed by atoms with van der Waals surface area (Å²) in [4.78, 5) is 16.7. The number of carbonyl (C=O) groups excluding carboxylic acids is 1. The largest absolute Gasteiger partial charge is 0.496 e. The van der Waals surface area contributed by atoms with Gasteiger partial charge in [-0.2, -0.15) is 0 Å². The number of hydrogen-bond donors (Lipinski definition) is 2. The number of aryl methyl sites for hydroxylation is 1. The zero-order chi connectivity index (χ0) is 19.2. The molecule has 0 aliphatic carbocycles. The number of benzene rings is 2. The predicted octanol–water partition coefficient (Wildman–Crippen LogP) is 4.40. The number of ether oxygens (including phenoxy) is 2. The summed E-state index contributed by atoms with van der Waals surface area (Å²) in [6.07, 6.45) is 1.65. The number of hydrogen-bond acceptors (Lipinski definition) is 5. The van der Waals surface area contributed by atoms with Crippen LogP contribution in [0.15, 0.2) is 60.8 Å². The molecule has 1 aromatic heterocycles. The molecule has 0 unspecified atom stereocenters. The van der Waals surface area contributed by atoms with Gasteiger partial charge in [-0.05, 0) is 48.9 Å². The topological polar surface area (TPSA) is 72.5 Å². The highest BCUT2D eigenvalue weighted by Crippen LogP contribution is 2.28. The molecule has 6 heteroatoms. The van der Waals surface area contributed by atoms with Crippen molar-refractivity contribution in [2.75, 3.05) is 24.9 Å². The molecular weight excluding hydrogens is 342 g/mol. The zero-order valence-corrected chi connectivity index (χ0v) is 15.4. The lowest BCUT2D eigenvalue weighted by molar-refractivity contribution is 0.102. The summed E-state index contributed by atoms with van der Waals surface area (Å²) in [5.74, 6) is 1.43. The van der Waals surface area contributed by atoms with Crippen molar-refractivity contribution in [3.8, 4) is 11.5 Å². The minimum Gasteiger partial charge on any atom is -0.496 e. The molecule has 3 rings (SSSR count). The highest BCUT2D eigenvalue weighted by atomic mass is 16.5. The van der Waals surface area contributed by atoms with Crippen LogP contribution in [0, 0.1) is 6.92 Å². The molecule has 6 nitrogen and oxygen atoms in total. The number of aromatic nitrogens is 1. The van der Waals surface area contributed by atoms with Crippen molar-refractivity contribution in [3.63, 3.8) is 0 Å². The van der Waals surface area contributed by atoms with Crippen LogP contribution in [0.2, 0.25) is 0 Å². The Kier molecular flexibility index (Phi) is 5.56. The van der Waals surface area contributed by atoms with Crippen LogP contribution in [0.25, 0.3) is 0 Å². The lowest BCUT2D eigenvalue weighted by Crippen LogP contribution is -2.14. The van der Waals surface area contributed by atoms with Crippen molar-refractivity contribution in [1.82, 2.24) is 4.98 Å². The van der Waals surface area contributed by atoms with Crippen LogP contribution in [0.4, 0.5) is 17.2 Å². The van der Waals surface area contributed by atoms with Gasteiger partial charge in [0, 0.05) is 0 Å². The second-order valence-corrected chi connectivity index (χ2v) is 5.92. The maximum atomic E-state index is 12.4. The Morgan fingerprint density at radius 3 is 2.44 bits per heavy atom. The highest BCUT2D eigenvalue weighted by Gasteiger charge is 2.12. The first kappa shape index (κ1) is 18.3. The SMILES string of the molecule is COc1ccc(C)cc1Nc1ccc(NC(=O)c2ccccc2OC)nc1. The molecule has 2 aromatic carbocycles. The van der Waals surface area contributed by atoms with E-state index >= 15 is 0 Å². The molecule has 1 heterocycles. The summed E-state index contributed by atoms with van der Waals surface area (Å²) in [5, 5.41) is 6.05. The van der Waals surface area contributed by atoms with E-state index in [0.29, 0.717) is 17.1 Å². The first-order chi connectivity index (χ1) is 13.1. The maximum absolute atomic E-state index is 12.4. The number of carbonyl (C=O) groups is 1. The third-order valence-electron chi connectivity index (χ3n) is 3.99. The van der Waals surface area contributed by atoms with E-state index in [2.05, 4.69) is 15.6 Å². The molecule has 0 saturated heterocycles. The summed E-state index contributed by atoms with van der Waals surface area (Å²) < 4.78 is 10.6. The van der Waals surface area contributed by atoms with Gasteiger partial charge in [0.25, 0.3) is 5.91 Å². The quantitative estimate of drug-likeness (QED) is 0.679. The van der Waals surface area contributed by atoms with Crippen LogP contribution < -0.4 is 20.1 Å². The fourth-order valence-electron chi connectivity index (χ4n) is 2.63. The summed E-state index contributed by atoms with van der Waals surface area (Å²) >= 11 is 0. The second-order valence-electron chi connectivity index (χ2n) is 5.92. The van der Waals surface area contributed by atoms with Crippen molar-refractivity contribution in [1.29, 1.82) is 0 Å². The van der Waals surface area contributed by atoms with Gasteiger partial charge in [-0.25, -0.2) is 4.98 Å². The number of methoxy groups -OCH3 is 2. The molecular formula is C21H21N3O3. The fraction of sp³-hybridized carbons (Fsp3) is 0.143. The minimum atomic E-state index is -0.277. The average Bonchev–Trinajstić information content (AvgIpc) is 2.69. The molecule has 0 saturated carbocycles. The Labute approximate surface area is 158 Å². The molecule has 0 aliphatic rings. The van der Waals surface area contributed by atoms with E-state index < -0.39 is 0 Å². The molecule has 0 atom stereocenters. The monoisotopic (exact) mass is 363 g/mol. The molecule has 0 fully saturated rings. The number of para-hydroxylation sites is 1. The Bertz CT molecular complexity index is 940. The molecule has 1 amide bonds. The highest BCUT2D eigenvalue weighted by molar-refractivity contribution is 6.05. The average molecular weight is 363 g/mol. The van der Waals surface area contributed by atoms with Gasteiger partial charge < -0.3 is 20.1 Å². The number of anilines is 3. The lowest BCUT2D eigenvalue weighted by atomic mass is 10.2. The summed E-state index contributed by atoms with van der Waals surface area (Å²) in [6, 6.07) is 16.5. The molecule has 3 aromatic rings. The Balaban J connectivity index is 1.72. The van der Waals surface area contributed by atoms with Gasteiger partial charge in [-0.1, -0.05) is 18.2 Å². The van der Waals surface area contributed by atoms with Gasteiger partial charge >= 0.3 is 0 Å². The van der Waals surface area contributed by atoms with Gasteiger partial charge in [0.2, 0.25) is 0 Å². The predicted molar refractivity (Wildman–Crippen MR) is 106 cm³/mol. The summed E-state index contributed by atoms with van der Waals surface area (Å²) in [6.45, 7) is 2.01. The van der Waals surface area contributed by atoms with Crippen LogP contribution in [-0.4, -0.2) is 25.1 Å². The Hall–Kier alpha value is -3.54. The van der Waals surface area contributed by atoms with E-state index in [4.69, 9.17) is 9.47 Å². The normalized spacial score (nSPS) is 10.2. The van der Waals surface area contributed by atoms with E-state index in [1.807, 2.05) is 37.3 Å². The van der Waals surface area contributed by atoms with Crippen molar-refractivity contribution in [2.45, 2.75) is 6.92 Å². The third-order valence-corrected chi connectivity index (χ3v) is 3.99. The van der Waals surface area contributed by atoms with Gasteiger partial charge in [-0.3, -0.25) is 4.79 Å². The van der Waals surface area contributed by atoms with E-state index in [9.17, 15) is 4.79 Å². The smallest absolute Gasteiger partial charge is 0.260 e. The number of nitrogens with one attached hydrogen (secondary N) is 2. The molecule has 0 bridgehead atoms. The first-order valence-electron chi connectivity index (χ1n) is 8.43. The Morgan fingerprint density at radius 2 is 1.74 bits per heavy atom. The standard InChI is InChI=1S/C21H21N3O3/c1-14-8-10-19(27-3)17(12-14)23-15-9-11-20(22-13-15)24-21(25)16-6-4-5-7-18(16)26-2/h4-13,23H,1-3H3,(H,22,24,25). The number of pyridine rings is 1. The molecule has 0 aliphatic heterocycles. The molecule has 0 radical (unpaired) electrons. The second kappa shape index (κ2) is 8.23. The van der Waals surface area contributed by atoms with Gasteiger partial charge in [0.05, 0.1) is 37.4 Å². The number of rotatable bonds is 6. The van der Waals surface area contributed by atoms with Gasteiger partial charge in [-0.15, -0.1) is 0 Å². The molecule has 27 heavy (non-hydrogen) atoms. The van der Waals surface area contributed by atoms with Crippen LogP contribution >= 0.6 is 0 Å².